The number of esters is 2. The summed E-state index contributed by atoms with van der Waals surface area (Å²) in [5, 5.41) is 0. The third kappa shape index (κ3) is 31.3. The monoisotopic (exact) mass is 146 g/mol. The van der Waals surface area contributed by atoms with Crippen LogP contribution in [0.3, 0.4) is 0 Å². The third-order valence-corrected chi connectivity index (χ3v) is 0.287. The van der Waals surface area contributed by atoms with Crippen LogP contribution in [-0.4, -0.2) is 18.1 Å². The zero-order valence-corrected chi connectivity index (χ0v) is 5.54. The summed E-state index contributed by atoms with van der Waals surface area (Å²) in [7, 11) is 0. The SMILES string of the molecule is CC(=O)OC(C)=O.O=C=O. The largest absolute Gasteiger partial charge is 0.394 e. The predicted octanol–water partition coefficient (Wildman–Crippen LogP) is -0.488. The number of hydrogen-bond acceptors (Lipinski definition) is 5. The fraction of sp³-hybridized carbons (Fsp3) is 0.400. The highest BCUT2D eigenvalue weighted by atomic mass is 16.6. The molecule has 0 spiro atoms. The average Bonchev–Trinajstić information content (AvgIpc) is 1.62. The lowest BCUT2D eigenvalue weighted by Crippen LogP contribution is -2.03. The van der Waals surface area contributed by atoms with Gasteiger partial charge < -0.3 is 4.74 Å². The molecule has 0 unspecified atom stereocenters. The normalized spacial score (nSPS) is 6.20. The second-order valence-electron chi connectivity index (χ2n) is 1.17. The van der Waals surface area contributed by atoms with Crippen molar-refractivity contribution < 1.29 is 23.9 Å². The Morgan fingerprint density at radius 2 is 1.30 bits per heavy atom. The topological polar surface area (TPSA) is 77.5 Å². The molecule has 0 aliphatic heterocycles. The Kier molecular flexibility index (Phi) is 8.52. The van der Waals surface area contributed by atoms with Crippen LogP contribution in [0, 0.1) is 0 Å². The summed E-state index contributed by atoms with van der Waals surface area (Å²) >= 11 is 0. The van der Waals surface area contributed by atoms with Gasteiger partial charge in [0.1, 0.15) is 0 Å². The molecule has 0 heterocycles. The minimum atomic E-state index is -0.562. The van der Waals surface area contributed by atoms with Crippen LogP contribution < -0.4 is 0 Å². The predicted molar refractivity (Wildman–Crippen MR) is 27.5 cm³/mol. The molecular formula is C5H6O5. The van der Waals surface area contributed by atoms with Crippen LogP contribution in [0.4, 0.5) is 0 Å². The summed E-state index contributed by atoms with van der Waals surface area (Å²) in [6, 6.07) is 0. The summed E-state index contributed by atoms with van der Waals surface area (Å²) in [6.45, 7) is 2.36. The third-order valence-electron chi connectivity index (χ3n) is 0.287. The van der Waals surface area contributed by atoms with Crippen LogP contribution in [0.1, 0.15) is 13.8 Å². The number of carbonyl (C=O) groups is 2. The van der Waals surface area contributed by atoms with Crippen molar-refractivity contribution in [1.29, 1.82) is 0 Å². The van der Waals surface area contributed by atoms with E-state index in [2.05, 4.69) is 4.74 Å². The van der Waals surface area contributed by atoms with Crippen molar-refractivity contribution in [2.24, 2.45) is 0 Å². The lowest BCUT2D eigenvalue weighted by Gasteiger charge is -1.87. The van der Waals surface area contributed by atoms with Gasteiger partial charge in [-0.2, -0.15) is 9.59 Å². The lowest BCUT2D eigenvalue weighted by molar-refractivity contribution is -0.191. The van der Waals surface area contributed by atoms with Crippen LogP contribution in [0.2, 0.25) is 0 Å². The Morgan fingerprint density at radius 3 is 1.30 bits per heavy atom. The van der Waals surface area contributed by atoms with Gasteiger partial charge >= 0.3 is 18.1 Å². The van der Waals surface area contributed by atoms with E-state index in [1.54, 1.807) is 0 Å². The Bertz CT molecular complexity index is 141. The molecule has 0 atom stereocenters. The maximum absolute atomic E-state index is 9.81. The molecule has 0 saturated heterocycles. The first kappa shape index (κ1) is 11.3. The van der Waals surface area contributed by atoms with Gasteiger partial charge in [-0.1, -0.05) is 0 Å². The van der Waals surface area contributed by atoms with Gasteiger partial charge in [0, 0.05) is 13.8 Å². The van der Waals surface area contributed by atoms with Crippen molar-refractivity contribution >= 4 is 18.1 Å². The quantitative estimate of drug-likeness (QED) is 0.340. The molecule has 0 bridgehead atoms. The second kappa shape index (κ2) is 7.52. The maximum Gasteiger partial charge on any atom is 0.373 e. The maximum atomic E-state index is 9.81. The molecule has 10 heavy (non-hydrogen) atoms. The first-order chi connectivity index (χ1) is 4.54. The first-order valence-electron chi connectivity index (χ1n) is 2.22. The standard InChI is InChI=1S/C4H6O3.CO2/c1-3(5)7-4(2)6;2-1-3/h1-2H3;. The Balaban J connectivity index is 0. The molecule has 0 aromatic heterocycles. The van der Waals surface area contributed by atoms with Gasteiger partial charge in [-0.05, 0) is 0 Å². The zero-order chi connectivity index (χ0) is 8.57. The van der Waals surface area contributed by atoms with Gasteiger partial charge in [-0.3, -0.25) is 9.59 Å². The van der Waals surface area contributed by atoms with E-state index in [0.717, 1.165) is 0 Å². The van der Waals surface area contributed by atoms with E-state index in [9.17, 15) is 9.59 Å². The van der Waals surface area contributed by atoms with Crippen molar-refractivity contribution in [2.45, 2.75) is 13.8 Å². The molecule has 0 radical (unpaired) electrons. The van der Waals surface area contributed by atoms with Gasteiger partial charge in [-0.15, -0.1) is 0 Å². The summed E-state index contributed by atoms with van der Waals surface area (Å²) in [6.07, 6.45) is 0.250. The van der Waals surface area contributed by atoms with Crippen molar-refractivity contribution in [3.05, 3.63) is 0 Å². The summed E-state index contributed by atoms with van der Waals surface area (Å²) < 4.78 is 3.97. The molecule has 56 valence electrons. The van der Waals surface area contributed by atoms with Crippen molar-refractivity contribution in [1.82, 2.24) is 0 Å². The van der Waals surface area contributed by atoms with Gasteiger partial charge in [0.2, 0.25) is 0 Å². The van der Waals surface area contributed by atoms with Gasteiger partial charge in [0.15, 0.2) is 0 Å². The molecule has 0 fully saturated rings. The lowest BCUT2D eigenvalue weighted by atomic mass is 10.7. The van der Waals surface area contributed by atoms with Gasteiger partial charge in [-0.25, -0.2) is 0 Å². The number of hydrogen-bond donors (Lipinski definition) is 0. The highest BCUT2D eigenvalue weighted by molar-refractivity contribution is 5.82. The zero-order valence-electron chi connectivity index (χ0n) is 5.54. The van der Waals surface area contributed by atoms with Crippen LogP contribution in [0.15, 0.2) is 0 Å². The minimum absolute atomic E-state index is 0.250. The minimum Gasteiger partial charge on any atom is -0.394 e. The fourth-order valence-electron chi connectivity index (χ4n) is 0.202. The molecule has 0 saturated carbocycles. The van der Waals surface area contributed by atoms with E-state index in [1.165, 1.54) is 13.8 Å². The summed E-state index contributed by atoms with van der Waals surface area (Å²) in [5.41, 5.74) is 0. The van der Waals surface area contributed by atoms with Crippen molar-refractivity contribution in [3.63, 3.8) is 0 Å². The molecule has 0 N–H and O–H groups in total. The van der Waals surface area contributed by atoms with Gasteiger partial charge in [0.25, 0.3) is 0 Å². The highest BCUT2D eigenvalue weighted by Gasteiger charge is 1.93. The van der Waals surface area contributed by atoms with E-state index >= 15 is 0 Å². The molecule has 5 nitrogen and oxygen atoms in total. The van der Waals surface area contributed by atoms with Crippen LogP contribution in [-0.2, 0) is 23.9 Å². The van der Waals surface area contributed by atoms with Crippen LogP contribution in [0.5, 0.6) is 0 Å². The summed E-state index contributed by atoms with van der Waals surface area (Å²) in [4.78, 5) is 35.9. The van der Waals surface area contributed by atoms with E-state index in [-0.39, 0.29) is 6.15 Å². The number of rotatable bonds is 0. The van der Waals surface area contributed by atoms with E-state index < -0.39 is 11.9 Å². The molecule has 0 rings (SSSR count). The fourth-order valence-corrected chi connectivity index (χ4v) is 0.202. The van der Waals surface area contributed by atoms with Crippen molar-refractivity contribution in [2.75, 3.05) is 0 Å². The van der Waals surface area contributed by atoms with Crippen LogP contribution in [0.25, 0.3) is 0 Å². The number of carbonyl (C=O) groups excluding carboxylic acids is 4. The average molecular weight is 146 g/mol. The molecule has 0 aromatic carbocycles. The Morgan fingerprint density at radius 1 is 1.10 bits per heavy atom. The van der Waals surface area contributed by atoms with Crippen molar-refractivity contribution in [3.8, 4) is 0 Å². The molecule has 0 aliphatic rings. The smallest absolute Gasteiger partial charge is 0.373 e. The van der Waals surface area contributed by atoms with E-state index in [4.69, 9.17) is 9.59 Å². The number of ether oxygens (including phenoxy) is 1. The molecule has 5 heteroatoms. The van der Waals surface area contributed by atoms with Crippen LogP contribution >= 0.6 is 0 Å². The summed E-state index contributed by atoms with van der Waals surface area (Å²) in [5.74, 6) is -1.12. The molecule has 0 aliphatic carbocycles. The molecular weight excluding hydrogens is 140 g/mol. The van der Waals surface area contributed by atoms with E-state index in [0.29, 0.717) is 0 Å². The molecule has 0 amide bonds. The highest BCUT2D eigenvalue weighted by Crippen LogP contribution is 1.73. The van der Waals surface area contributed by atoms with E-state index in [1.807, 2.05) is 0 Å². The Labute approximate surface area is 57.0 Å². The molecule has 0 aromatic rings. The first-order valence-corrected chi connectivity index (χ1v) is 2.22. The van der Waals surface area contributed by atoms with Gasteiger partial charge in [0.05, 0.1) is 0 Å². The Hall–Kier alpha value is -1.48. The second-order valence-corrected chi connectivity index (χ2v) is 1.17.